The van der Waals surface area contributed by atoms with E-state index < -0.39 is 0 Å². The molecule has 0 saturated heterocycles. The Hall–Kier alpha value is -0.450. The van der Waals surface area contributed by atoms with E-state index in [1.54, 1.807) is 0 Å². The summed E-state index contributed by atoms with van der Waals surface area (Å²) in [5, 5.41) is 4.74. The molecule has 2 unspecified atom stereocenters. The van der Waals surface area contributed by atoms with E-state index in [0.717, 1.165) is 31.0 Å². The molecule has 0 aliphatic heterocycles. The van der Waals surface area contributed by atoms with Crippen molar-refractivity contribution in [2.24, 2.45) is 5.92 Å². The van der Waals surface area contributed by atoms with E-state index >= 15 is 0 Å². The van der Waals surface area contributed by atoms with Crippen LogP contribution < -0.4 is 5.32 Å². The lowest BCUT2D eigenvalue weighted by molar-refractivity contribution is -0.0581. The molecule has 0 aromatic carbocycles. The predicted octanol–water partition coefficient (Wildman–Crippen LogP) is 4.39. The Balaban J connectivity index is 2.20. The van der Waals surface area contributed by atoms with Crippen LogP contribution in [-0.2, 0) is 16.9 Å². The van der Waals surface area contributed by atoms with E-state index in [0.29, 0.717) is 0 Å². The molecule has 1 saturated carbocycles. The van der Waals surface area contributed by atoms with E-state index in [2.05, 4.69) is 39.9 Å². The van der Waals surface area contributed by atoms with E-state index in [9.17, 15) is 0 Å². The van der Waals surface area contributed by atoms with Crippen LogP contribution in [0, 0.1) is 12.8 Å². The Kier molecular flexibility index (Phi) is 5.11. The summed E-state index contributed by atoms with van der Waals surface area (Å²) in [6.45, 7) is 11.9. The van der Waals surface area contributed by atoms with E-state index in [1.807, 2.05) is 18.4 Å². The summed E-state index contributed by atoms with van der Waals surface area (Å²) < 4.78 is 5.98. The van der Waals surface area contributed by atoms with Crippen molar-refractivity contribution < 1.29 is 4.74 Å². The Morgan fingerprint density at radius 3 is 2.71 bits per heavy atom. The summed E-state index contributed by atoms with van der Waals surface area (Å²) >= 11 is 1.83. The maximum Gasteiger partial charge on any atom is 0.125 e. The van der Waals surface area contributed by atoms with Crippen molar-refractivity contribution in [1.29, 1.82) is 0 Å². The maximum atomic E-state index is 5.98. The molecule has 3 nitrogen and oxygen atoms in total. The Labute approximate surface area is 133 Å². The molecule has 1 fully saturated rings. The minimum atomic E-state index is -0.146. The number of aromatic nitrogens is 1. The SMILES string of the molecule is COC1(c2nc(C)c(CNC(C)(C)C)s2)CCCC(C)C1. The van der Waals surface area contributed by atoms with Crippen molar-refractivity contribution in [2.45, 2.75) is 78.0 Å². The van der Waals surface area contributed by atoms with Crippen molar-refractivity contribution in [3.8, 4) is 0 Å². The van der Waals surface area contributed by atoms with Gasteiger partial charge in [0.15, 0.2) is 0 Å². The summed E-state index contributed by atoms with van der Waals surface area (Å²) in [6, 6.07) is 0. The number of ether oxygens (including phenoxy) is 1. The molecule has 21 heavy (non-hydrogen) atoms. The lowest BCUT2D eigenvalue weighted by Gasteiger charge is -2.37. The minimum Gasteiger partial charge on any atom is -0.371 e. The fraction of sp³-hybridized carbons (Fsp3) is 0.824. The normalized spacial score (nSPS) is 27.0. The van der Waals surface area contributed by atoms with Crippen LogP contribution in [0.1, 0.15) is 69.0 Å². The minimum absolute atomic E-state index is 0.134. The molecular weight excluding hydrogens is 280 g/mol. The topological polar surface area (TPSA) is 34.1 Å². The van der Waals surface area contributed by atoms with Gasteiger partial charge in [0.2, 0.25) is 0 Å². The fourth-order valence-electron chi connectivity index (χ4n) is 3.10. The molecule has 2 atom stereocenters. The molecule has 0 radical (unpaired) electrons. The summed E-state index contributed by atoms with van der Waals surface area (Å²) in [6.07, 6.45) is 4.76. The molecule has 4 heteroatoms. The highest BCUT2D eigenvalue weighted by molar-refractivity contribution is 7.11. The van der Waals surface area contributed by atoms with Gasteiger partial charge in [0.05, 0.1) is 5.69 Å². The van der Waals surface area contributed by atoms with Crippen LogP contribution in [0.3, 0.4) is 0 Å². The summed E-state index contributed by atoms with van der Waals surface area (Å²) in [5.74, 6) is 0.721. The van der Waals surface area contributed by atoms with E-state index in [1.165, 1.54) is 22.7 Å². The summed E-state index contributed by atoms with van der Waals surface area (Å²) in [4.78, 5) is 6.21. The van der Waals surface area contributed by atoms with Crippen LogP contribution >= 0.6 is 11.3 Å². The summed E-state index contributed by atoms with van der Waals surface area (Å²) in [7, 11) is 1.85. The molecule has 120 valence electrons. The molecule has 1 aliphatic carbocycles. The second kappa shape index (κ2) is 6.35. The molecule has 1 aromatic rings. The number of thiazole rings is 1. The molecule has 0 amide bonds. The highest BCUT2D eigenvalue weighted by Crippen LogP contribution is 2.44. The van der Waals surface area contributed by atoms with Gasteiger partial charge in [-0.05, 0) is 52.9 Å². The predicted molar refractivity (Wildman–Crippen MR) is 89.8 cm³/mol. The summed E-state index contributed by atoms with van der Waals surface area (Å²) in [5.41, 5.74) is 1.14. The van der Waals surface area contributed by atoms with Crippen molar-refractivity contribution in [1.82, 2.24) is 10.3 Å². The van der Waals surface area contributed by atoms with Crippen molar-refractivity contribution in [3.63, 3.8) is 0 Å². The zero-order valence-corrected chi connectivity index (χ0v) is 15.2. The van der Waals surface area contributed by atoms with Gasteiger partial charge >= 0.3 is 0 Å². The first-order valence-electron chi connectivity index (χ1n) is 8.03. The Bertz CT molecular complexity index is 478. The quantitative estimate of drug-likeness (QED) is 0.895. The Morgan fingerprint density at radius 1 is 1.43 bits per heavy atom. The van der Waals surface area contributed by atoms with Crippen molar-refractivity contribution in [3.05, 3.63) is 15.6 Å². The number of hydrogen-bond acceptors (Lipinski definition) is 4. The van der Waals surface area contributed by atoms with Crippen LogP contribution in [0.5, 0.6) is 0 Å². The van der Waals surface area contributed by atoms with Gasteiger partial charge in [0.25, 0.3) is 0 Å². The smallest absolute Gasteiger partial charge is 0.125 e. The van der Waals surface area contributed by atoms with Crippen LogP contribution in [0.25, 0.3) is 0 Å². The molecule has 0 spiro atoms. The third kappa shape index (κ3) is 4.05. The standard InChI is InChI=1S/C17H30N2OS/c1-12-8-7-9-17(10-12,20-6)15-19-13(2)14(21-15)11-18-16(3,4)5/h12,18H,7-11H2,1-6H3. The second-order valence-corrected chi connectivity index (χ2v) is 8.61. The number of rotatable bonds is 4. The van der Waals surface area contributed by atoms with Gasteiger partial charge in [-0.1, -0.05) is 13.3 Å². The van der Waals surface area contributed by atoms with Crippen molar-refractivity contribution in [2.75, 3.05) is 7.11 Å². The van der Waals surface area contributed by atoms with Gasteiger partial charge in [-0.3, -0.25) is 0 Å². The molecule has 1 aliphatic rings. The highest BCUT2D eigenvalue weighted by Gasteiger charge is 2.39. The zero-order valence-electron chi connectivity index (χ0n) is 14.4. The average Bonchev–Trinajstić information content (AvgIpc) is 2.77. The number of nitrogens with one attached hydrogen (secondary N) is 1. The number of nitrogens with zero attached hydrogens (tertiary/aromatic N) is 1. The number of methoxy groups -OCH3 is 1. The van der Waals surface area contributed by atoms with Gasteiger partial charge in [-0.2, -0.15) is 0 Å². The maximum absolute atomic E-state index is 5.98. The average molecular weight is 311 g/mol. The molecule has 2 rings (SSSR count). The molecule has 1 N–H and O–H groups in total. The van der Waals surface area contributed by atoms with Gasteiger partial charge in [-0.25, -0.2) is 4.98 Å². The number of aryl methyl sites for hydroxylation is 1. The second-order valence-electron chi connectivity index (χ2n) is 7.53. The molecule has 1 aromatic heterocycles. The largest absolute Gasteiger partial charge is 0.371 e. The lowest BCUT2D eigenvalue weighted by Crippen LogP contribution is -2.35. The van der Waals surface area contributed by atoms with Crippen LogP contribution in [0.4, 0.5) is 0 Å². The first kappa shape index (κ1) is 16.9. The van der Waals surface area contributed by atoms with Gasteiger partial charge in [0, 0.05) is 24.1 Å². The first-order valence-corrected chi connectivity index (χ1v) is 8.84. The van der Waals surface area contributed by atoms with Gasteiger partial charge in [-0.15, -0.1) is 11.3 Å². The monoisotopic (exact) mass is 310 g/mol. The molecular formula is C17H30N2OS. The third-order valence-corrected chi connectivity index (χ3v) is 5.75. The van der Waals surface area contributed by atoms with Gasteiger partial charge < -0.3 is 10.1 Å². The van der Waals surface area contributed by atoms with Crippen LogP contribution in [-0.4, -0.2) is 17.6 Å². The van der Waals surface area contributed by atoms with Crippen molar-refractivity contribution >= 4 is 11.3 Å². The zero-order chi connectivity index (χ0) is 15.7. The van der Waals surface area contributed by atoms with Gasteiger partial charge in [0.1, 0.15) is 10.6 Å². The van der Waals surface area contributed by atoms with E-state index in [4.69, 9.17) is 9.72 Å². The lowest BCUT2D eigenvalue weighted by atomic mass is 9.79. The Morgan fingerprint density at radius 2 is 2.14 bits per heavy atom. The molecule has 0 bridgehead atoms. The fourth-order valence-corrected chi connectivity index (χ4v) is 4.31. The molecule has 1 heterocycles. The number of hydrogen-bond donors (Lipinski definition) is 1. The third-order valence-electron chi connectivity index (χ3n) is 4.41. The van der Waals surface area contributed by atoms with Crippen LogP contribution in [0.2, 0.25) is 0 Å². The van der Waals surface area contributed by atoms with E-state index in [-0.39, 0.29) is 11.1 Å². The first-order chi connectivity index (χ1) is 9.76. The highest BCUT2D eigenvalue weighted by atomic mass is 32.1. The van der Waals surface area contributed by atoms with Crippen LogP contribution in [0.15, 0.2) is 0 Å².